The predicted molar refractivity (Wildman–Crippen MR) is 76.2 cm³/mol. The Bertz CT molecular complexity index is 599. The maximum Gasteiger partial charge on any atom is 0.269 e. The van der Waals surface area contributed by atoms with E-state index < -0.39 is 4.92 Å². The molecule has 0 spiro atoms. The Kier molecular flexibility index (Phi) is 4.01. The number of nitro groups is 1. The number of halogens is 1. The molecule has 98 valence electrons. The van der Waals surface area contributed by atoms with E-state index in [0.717, 1.165) is 11.3 Å². The van der Waals surface area contributed by atoms with Gasteiger partial charge in [0, 0.05) is 29.9 Å². The molecule has 2 aromatic rings. The van der Waals surface area contributed by atoms with Gasteiger partial charge in [0.1, 0.15) is 5.75 Å². The summed E-state index contributed by atoms with van der Waals surface area (Å²) in [6, 6.07) is 11.5. The van der Waals surface area contributed by atoms with E-state index in [2.05, 4.69) is 21.2 Å². The van der Waals surface area contributed by atoms with Crippen LogP contribution in [0.25, 0.3) is 0 Å². The number of aromatic hydroxyl groups is 1. The van der Waals surface area contributed by atoms with E-state index >= 15 is 0 Å². The molecule has 2 aromatic carbocycles. The van der Waals surface area contributed by atoms with Crippen LogP contribution in [0, 0.1) is 10.1 Å². The maximum absolute atomic E-state index is 10.5. The molecule has 0 saturated heterocycles. The highest BCUT2D eigenvalue weighted by Crippen LogP contribution is 2.28. The topological polar surface area (TPSA) is 75.4 Å². The fourth-order valence-electron chi connectivity index (χ4n) is 1.60. The molecule has 0 aliphatic heterocycles. The third-order valence-electron chi connectivity index (χ3n) is 2.63. The van der Waals surface area contributed by atoms with Gasteiger partial charge in [-0.3, -0.25) is 10.1 Å². The molecule has 0 aliphatic rings. The monoisotopic (exact) mass is 322 g/mol. The number of phenols is 1. The Hall–Kier alpha value is -2.08. The fourth-order valence-corrected chi connectivity index (χ4v) is 2.01. The van der Waals surface area contributed by atoms with Gasteiger partial charge < -0.3 is 10.4 Å². The summed E-state index contributed by atoms with van der Waals surface area (Å²) in [6.45, 7) is 0.434. The van der Waals surface area contributed by atoms with Crippen LogP contribution in [0.15, 0.2) is 46.9 Å². The number of hydrogen-bond donors (Lipinski definition) is 2. The molecule has 0 atom stereocenters. The van der Waals surface area contributed by atoms with Crippen molar-refractivity contribution in [3.05, 3.63) is 62.6 Å². The fraction of sp³-hybridized carbons (Fsp3) is 0.0769. The van der Waals surface area contributed by atoms with Gasteiger partial charge in [0.05, 0.1) is 9.40 Å². The van der Waals surface area contributed by atoms with Crippen molar-refractivity contribution in [2.75, 3.05) is 5.32 Å². The lowest BCUT2D eigenvalue weighted by molar-refractivity contribution is -0.384. The minimum Gasteiger partial charge on any atom is -0.506 e. The Morgan fingerprint density at radius 1 is 1.21 bits per heavy atom. The largest absolute Gasteiger partial charge is 0.506 e. The first kappa shape index (κ1) is 13.4. The normalized spacial score (nSPS) is 10.2. The maximum atomic E-state index is 10.5. The standard InChI is InChI=1S/C13H11BrN2O3/c14-12-3-1-2-9(13(12)17)8-15-10-4-6-11(7-5-10)16(18)19/h1-7,15,17H,8H2. The highest BCUT2D eigenvalue weighted by molar-refractivity contribution is 9.10. The molecule has 2 N–H and O–H groups in total. The van der Waals surface area contributed by atoms with Gasteiger partial charge in [-0.05, 0) is 34.1 Å². The first-order valence-corrected chi connectivity index (χ1v) is 6.32. The molecule has 0 aromatic heterocycles. The summed E-state index contributed by atoms with van der Waals surface area (Å²) in [6.07, 6.45) is 0. The van der Waals surface area contributed by atoms with Gasteiger partial charge in [-0.2, -0.15) is 0 Å². The highest BCUT2D eigenvalue weighted by Gasteiger charge is 2.06. The number of hydrogen-bond acceptors (Lipinski definition) is 4. The first-order chi connectivity index (χ1) is 9.08. The second kappa shape index (κ2) is 5.71. The van der Waals surface area contributed by atoms with Crippen LogP contribution in [0.1, 0.15) is 5.56 Å². The molecule has 0 unspecified atom stereocenters. The minimum absolute atomic E-state index is 0.0517. The Balaban J connectivity index is 2.06. The van der Waals surface area contributed by atoms with Crippen LogP contribution in [-0.2, 0) is 6.54 Å². The van der Waals surface area contributed by atoms with Crippen molar-refractivity contribution < 1.29 is 10.0 Å². The van der Waals surface area contributed by atoms with Crippen LogP contribution in [0.2, 0.25) is 0 Å². The minimum atomic E-state index is -0.441. The SMILES string of the molecule is O=[N+]([O-])c1ccc(NCc2cccc(Br)c2O)cc1. The summed E-state index contributed by atoms with van der Waals surface area (Å²) < 4.78 is 0.635. The number of nitrogens with zero attached hydrogens (tertiary/aromatic N) is 1. The van der Waals surface area contributed by atoms with E-state index in [0.29, 0.717) is 11.0 Å². The zero-order chi connectivity index (χ0) is 13.8. The van der Waals surface area contributed by atoms with Crippen LogP contribution >= 0.6 is 15.9 Å². The summed E-state index contributed by atoms with van der Waals surface area (Å²) in [5, 5.41) is 23.4. The van der Waals surface area contributed by atoms with Gasteiger partial charge >= 0.3 is 0 Å². The number of non-ortho nitro benzene ring substituents is 1. The van der Waals surface area contributed by atoms with Crippen molar-refractivity contribution >= 4 is 27.3 Å². The van der Waals surface area contributed by atoms with Crippen molar-refractivity contribution in [1.29, 1.82) is 0 Å². The molecule has 0 heterocycles. The average Bonchev–Trinajstić information content (AvgIpc) is 2.41. The zero-order valence-corrected chi connectivity index (χ0v) is 11.4. The van der Waals surface area contributed by atoms with E-state index in [-0.39, 0.29) is 11.4 Å². The summed E-state index contributed by atoms with van der Waals surface area (Å²) in [7, 11) is 0. The molecule has 6 heteroatoms. The smallest absolute Gasteiger partial charge is 0.269 e. The van der Waals surface area contributed by atoms with E-state index in [1.165, 1.54) is 12.1 Å². The number of nitro benzene ring substituents is 1. The van der Waals surface area contributed by atoms with Gasteiger partial charge in [-0.25, -0.2) is 0 Å². The number of para-hydroxylation sites is 1. The van der Waals surface area contributed by atoms with Crippen LogP contribution in [0.4, 0.5) is 11.4 Å². The van der Waals surface area contributed by atoms with Crippen molar-refractivity contribution in [1.82, 2.24) is 0 Å². The summed E-state index contributed by atoms with van der Waals surface area (Å²) >= 11 is 3.25. The Morgan fingerprint density at radius 3 is 2.53 bits per heavy atom. The number of benzene rings is 2. The molecular formula is C13H11BrN2O3. The van der Waals surface area contributed by atoms with Gasteiger partial charge in [0.25, 0.3) is 5.69 Å². The molecule has 0 fully saturated rings. The zero-order valence-electron chi connectivity index (χ0n) is 9.84. The summed E-state index contributed by atoms with van der Waals surface area (Å²) in [4.78, 5) is 10.1. The van der Waals surface area contributed by atoms with Crippen molar-refractivity contribution in [2.45, 2.75) is 6.54 Å². The molecule has 5 nitrogen and oxygen atoms in total. The van der Waals surface area contributed by atoms with E-state index in [1.807, 2.05) is 6.07 Å². The van der Waals surface area contributed by atoms with Gasteiger partial charge in [0.2, 0.25) is 0 Å². The third kappa shape index (κ3) is 3.23. The summed E-state index contributed by atoms with van der Waals surface area (Å²) in [5.41, 5.74) is 1.55. The van der Waals surface area contributed by atoms with Gasteiger partial charge in [0.15, 0.2) is 0 Å². The molecule has 2 rings (SSSR count). The lowest BCUT2D eigenvalue weighted by atomic mass is 10.2. The van der Waals surface area contributed by atoms with Crippen molar-refractivity contribution in [2.24, 2.45) is 0 Å². The summed E-state index contributed by atoms with van der Waals surface area (Å²) in [5.74, 6) is 0.192. The second-order valence-electron chi connectivity index (χ2n) is 3.91. The molecule has 0 radical (unpaired) electrons. The lowest BCUT2D eigenvalue weighted by Gasteiger charge is -2.08. The van der Waals surface area contributed by atoms with Gasteiger partial charge in [-0.15, -0.1) is 0 Å². The molecule has 0 saturated carbocycles. The molecule has 0 bridgehead atoms. The van der Waals surface area contributed by atoms with Crippen molar-refractivity contribution in [3.63, 3.8) is 0 Å². The van der Waals surface area contributed by atoms with E-state index in [4.69, 9.17) is 0 Å². The third-order valence-corrected chi connectivity index (χ3v) is 3.27. The highest BCUT2D eigenvalue weighted by atomic mass is 79.9. The first-order valence-electron chi connectivity index (χ1n) is 5.52. The second-order valence-corrected chi connectivity index (χ2v) is 4.76. The molecule has 19 heavy (non-hydrogen) atoms. The van der Waals surface area contributed by atoms with Crippen LogP contribution in [0.5, 0.6) is 5.75 Å². The van der Waals surface area contributed by atoms with Crippen molar-refractivity contribution in [3.8, 4) is 5.75 Å². The van der Waals surface area contributed by atoms with Crippen LogP contribution < -0.4 is 5.32 Å². The number of rotatable bonds is 4. The van der Waals surface area contributed by atoms with E-state index in [9.17, 15) is 15.2 Å². The lowest BCUT2D eigenvalue weighted by Crippen LogP contribution is -2.00. The van der Waals surface area contributed by atoms with Crippen LogP contribution in [-0.4, -0.2) is 10.0 Å². The average molecular weight is 323 g/mol. The predicted octanol–water partition coefficient (Wildman–Crippen LogP) is 3.68. The van der Waals surface area contributed by atoms with Gasteiger partial charge in [-0.1, -0.05) is 12.1 Å². The van der Waals surface area contributed by atoms with Crippen LogP contribution in [0.3, 0.4) is 0 Å². The van der Waals surface area contributed by atoms with E-state index in [1.54, 1.807) is 24.3 Å². The molecular weight excluding hydrogens is 312 g/mol. The number of phenolic OH excluding ortho intramolecular Hbond substituents is 1. The number of anilines is 1. The Morgan fingerprint density at radius 2 is 1.89 bits per heavy atom. The molecule has 0 aliphatic carbocycles. The number of nitrogens with one attached hydrogen (secondary N) is 1. The molecule has 0 amide bonds. The Labute approximate surface area is 118 Å². The quantitative estimate of drug-likeness (QED) is 0.665.